The van der Waals surface area contributed by atoms with Gasteiger partial charge in [-0.2, -0.15) is 0 Å². The highest BCUT2D eigenvalue weighted by Gasteiger charge is 2.42. The van der Waals surface area contributed by atoms with Gasteiger partial charge in [-0.15, -0.1) is 0 Å². The SMILES string of the molecule is Cc1occc1C(=O)N1CCCC(O)(C(=O)O)C1. The molecule has 0 radical (unpaired) electrons. The third-order valence-corrected chi connectivity index (χ3v) is 3.25. The zero-order valence-electron chi connectivity index (χ0n) is 10.0. The minimum absolute atomic E-state index is 0.163. The number of carboxylic acids is 1. The van der Waals surface area contributed by atoms with Crippen LogP contribution in [0.1, 0.15) is 29.0 Å². The summed E-state index contributed by atoms with van der Waals surface area (Å²) in [6.45, 7) is 1.92. The van der Waals surface area contributed by atoms with Gasteiger partial charge in [0.1, 0.15) is 5.76 Å². The van der Waals surface area contributed by atoms with Gasteiger partial charge in [-0.25, -0.2) is 4.79 Å². The molecule has 6 nitrogen and oxygen atoms in total. The van der Waals surface area contributed by atoms with Crippen molar-refractivity contribution >= 4 is 11.9 Å². The Bertz CT molecular complexity index is 481. The molecule has 1 unspecified atom stereocenters. The van der Waals surface area contributed by atoms with Crippen LogP contribution in [0.2, 0.25) is 0 Å². The van der Waals surface area contributed by atoms with Gasteiger partial charge in [0.2, 0.25) is 0 Å². The molecule has 0 spiro atoms. The van der Waals surface area contributed by atoms with Crippen LogP contribution in [0.5, 0.6) is 0 Å². The molecule has 18 heavy (non-hydrogen) atoms. The monoisotopic (exact) mass is 253 g/mol. The van der Waals surface area contributed by atoms with Crippen molar-refractivity contribution in [2.24, 2.45) is 0 Å². The molecule has 0 saturated carbocycles. The Kier molecular flexibility index (Phi) is 3.13. The number of carbonyl (C=O) groups is 2. The van der Waals surface area contributed by atoms with E-state index >= 15 is 0 Å². The molecular formula is C12H15NO5. The van der Waals surface area contributed by atoms with E-state index in [2.05, 4.69) is 0 Å². The quantitative estimate of drug-likeness (QED) is 0.807. The molecule has 1 aromatic heterocycles. The molecule has 1 fully saturated rings. The predicted molar refractivity (Wildman–Crippen MR) is 61.2 cm³/mol. The van der Waals surface area contributed by atoms with Crippen molar-refractivity contribution < 1.29 is 24.2 Å². The molecule has 2 rings (SSSR count). The Morgan fingerprint density at radius 2 is 2.22 bits per heavy atom. The normalized spacial score (nSPS) is 24.0. The van der Waals surface area contributed by atoms with E-state index in [0.717, 1.165) is 0 Å². The predicted octanol–water partition coefficient (Wildman–Crippen LogP) is 0.640. The van der Waals surface area contributed by atoms with Gasteiger partial charge in [-0.3, -0.25) is 4.79 Å². The molecule has 1 aliphatic heterocycles. The number of carbonyl (C=O) groups excluding carboxylic acids is 1. The molecule has 0 aliphatic carbocycles. The fraction of sp³-hybridized carbons (Fsp3) is 0.500. The fourth-order valence-electron chi connectivity index (χ4n) is 2.16. The van der Waals surface area contributed by atoms with E-state index < -0.39 is 11.6 Å². The topological polar surface area (TPSA) is 91.0 Å². The third kappa shape index (κ3) is 2.11. The number of carboxylic acid groups (broad SMARTS) is 1. The Morgan fingerprint density at radius 1 is 1.50 bits per heavy atom. The number of likely N-dealkylation sites (tertiary alicyclic amines) is 1. The van der Waals surface area contributed by atoms with Gasteiger partial charge in [0.05, 0.1) is 18.4 Å². The molecule has 98 valence electrons. The van der Waals surface area contributed by atoms with Crippen LogP contribution >= 0.6 is 0 Å². The average molecular weight is 253 g/mol. The molecule has 1 saturated heterocycles. The molecule has 1 amide bonds. The summed E-state index contributed by atoms with van der Waals surface area (Å²) in [6.07, 6.45) is 2.04. The number of hydrogen-bond donors (Lipinski definition) is 2. The van der Waals surface area contributed by atoms with Crippen LogP contribution in [0.4, 0.5) is 0 Å². The number of furan rings is 1. The van der Waals surface area contributed by atoms with Gasteiger partial charge in [0.15, 0.2) is 5.60 Å². The number of hydrogen-bond acceptors (Lipinski definition) is 4. The number of aliphatic carboxylic acids is 1. The molecule has 2 heterocycles. The minimum Gasteiger partial charge on any atom is -0.479 e. The molecule has 2 N–H and O–H groups in total. The number of aliphatic hydroxyl groups is 1. The van der Waals surface area contributed by atoms with Crippen molar-refractivity contribution in [1.29, 1.82) is 0 Å². The van der Waals surface area contributed by atoms with Gasteiger partial charge < -0.3 is 19.5 Å². The Morgan fingerprint density at radius 3 is 2.78 bits per heavy atom. The first-order valence-corrected chi connectivity index (χ1v) is 5.73. The Hall–Kier alpha value is -1.82. The highest BCUT2D eigenvalue weighted by molar-refractivity contribution is 5.95. The summed E-state index contributed by atoms with van der Waals surface area (Å²) in [5.74, 6) is -1.10. The highest BCUT2D eigenvalue weighted by atomic mass is 16.4. The van der Waals surface area contributed by atoms with E-state index in [9.17, 15) is 14.7 Å². The lowest BCUT2D eigenvalue weighted by Crippen LogP contribution is -2.54. The van der Waals surface area contributed by atoms with Crippen LogP contribution in [0.3, 0.4) is 0 Å². The van der Waals surface area contributed by atoms with E-state index in [1.165, 1.54) is 11.2 Å². The third-order valence-electron chi connectivity index (χ3n) is 3.25. The minimum atomic E-state index is -1.84. The van der Waals surface area contributed by atoms with Crippen molar-refractivity contribution in [3.63, 3.8) is 0 Å². The zero-order chi connectivity index (χ0) is 13.3. The maximum Gasteiger partial charge on any atom is 0.337 e. The lowest BCUT2D eigenvalue weighted by molar-refractivity contribution is -0.163. The van der Waals surface area contributed by atoms with Crippen molar-refractivity contribution in [3.05, 3.63) is 23.7 Å². The zero-order valence-corrected chi connectivity index (χ0v) is 10.0. The first kappa shape index (κ1) is 12.6. The number of aryl methyl sites for hydroxylation is 1. The first-order valence-electron chi connectivity index (χ1n) is 5.73. The molecule has 0 bridgehead atoms. The van der Waals surface area contributed by atoms with Crippen molar-refractivity contribution in [2.45, 2.75) is 25.4 Å². The van der Waals surface area contributed by atoms with Gasteiger partial charge >= 0.3 is 5.97 Å². The lowest BCUT2D eigenvalue weighted by atomic mass is 9.92. The summed E-state index contributed by atoms with van der Waals surface area (Å²) in [5, 5.41) is 18.9. The van der Waals surface area contributed by atoms with E-state index in [0.29, 0.717) is 24.3 Å². The second kappa shape index (κ2) is 4.45. The smallest absolute Gasteiger partial charge is 0.337 e. The number of nitrogens with zero attached hydrogens (tertiary/aromatic N) is 1. The summed E-state index contributed by atoms with van der Waals surface area (Å²) in [6, 6.07) is 1.55. The maximum atomic E-state index is 12.2. The van der Waals surface area contributed by atoms with Crippen molar-refractivity contribution in [2.75, 3.05) is 13.1 Å². The number of piperidine rings is 1. The van der Waals surface area contributed by atoms with E-state index in [-0.39, 0.29) is 18.9 Å². The van der Waals surface area contributed by atoms with Crippen molar-refractivity contribution in [1.82, 2.24) is 4.90 Å². The molecule has 0 aromatic carbocycles. The second-order valence-corrected chi connectivity index (χ2v) is 4.56. The van der Waals surface area contributed by atoms with Crippen LogP contribution in [-0.4, -0.2) is 45.7 Å². The Labute approximate surface area is 104 Å². The largest absolute Gasteiger partial charge is 0.479 e. The molecular weight excluding hydrogens is 238 g/mol. The van der Waals surface area contributed by atoms with E-state index in [1.807, 2.05) is 0 Å². The van der Waals surface area contributed by atoms with Crippen LogP contribution in [0, 0.1) is 6.92 Å². The Balaban J connectivity index is 2.17. The fourth-order valence-corrected chi connectivity index (χ4v) is 2.16. The average Bonchev–Trinajstić information content (AvgIpc) is 2.74. The van der Waals surface area contributed by atoms with Gasteiger partial charge in [0, 0.05) is 6.54 Å². The van der Waals surface area contributed by atoms with Crippen LogP contribution < -0.4 is 0 Å². The molecule has 6 heteroatoms. The number of amides is 1. The number of β-amino-alcohol motifs (C(OH)–C–C–N with tert-alkyl or cyclic N) is 1. The summed E-state index contributed by atoms with van der Waals surface area (Å²) in [7, 11) is 0. The molecule has 1 aliphatic rings. The van der Waals surface area contributed by atoms with E-state index in [4.69, 9.17) is 9.52 Å². The maximum absolute atomic E-state index is 12.2. The molecule has 1 aromatic rings. The number of rotatable bonds is 2. The second-order valence-electron chi connectivity index (χ2n) is 4.56. The van der Waals surface area contributed by atoms with Crippen molar-refractivity contribution in [3.8, 4) is 0 Å². The first-order chi connectivity index (χ1) is 8.44. The standard InChI is InChI=1S/C12H15NO5/c1-8-9(3-6-18-8)10(14)13-5-2-4-12(17,7-13)11(15)16/h3,6,17H,2,4-5,7H2,1H3,(H,15,16). The highest BCUT2D eigenvalue weighted by Crippen LogP contribution is 2.23. The summed E-state index contributed by atoms with van der Waals surface area (Å²) >= 11 is 0. The summed E-state index contributed by atoms with van der Waals surface area (Å²) in [5.41, 5.74) is -1.43. The van der Waals surface area contributed by atoms with Gasteiger partial charge in [-0.05, 0) is 25.8 Å². The van der Waals surface area contributed by atoms with Crippen LogP contribution in [0.25, 0.3) is 0 Å². The summed E-state index contributed by atoms with van der Waals surface area (Å²) in [4.78, 5) is 24.5. The lowest BCUT2D eigenvalue weighted by Gasteiger charge is -2.36. The van der Waals surface area contributed by atoms with Crippen LogP contribution in [0.15, 0.2) is 16.7 Å². The van der Waals surface area contributed by atoms with Crippen LogP contribution in [-0.2, 0) is 4.79 Å². The van der Waals surface area contributed by atoms with Gasteiger partial charge in [0.25, 0.3) is 5.91 Å². The van der Waals surface area contributed by atoms with E-state index in [1.54, 1.807) is 13.0 Å². The summed E-state index contributed by atoms with van der Waals surface area (Å²) < 4.78 is 5.05. The molecule has 1 atom stereocenters. The van der Waals surface area contributed by atoms with Gasteiger partial charge in [-0.1, -0.05) is 0 Å².